The van der Waals surface area contributed by atoms with E-state index in [1.54, 1.807) is 10.9 Å². The van der Waals surface area contributed by atoms with Crippen LogP contribution in [-0.2, 0) is 12.7 Å². The summed E-state index contributed by atoms with van der Waals surface area (Å²) in [4.78, 5) is 0. The minimum Gasteiger partial charge on any atom is -0.454 e. The molecule has 2 N–H and O–H groups in total. The van der Waals surface area contributed by atoms with Gasteiger partial charge in [0.15, 0.2) is 5.75 Å². The monoisotopic (exact) mass is 285 g/mol. The van der Waals surface area contributed by atoms with E-state index in [-0.39, 0.29) is 11.4 Å². The Morgan fingerprint density at radius 1 is 1.30 bits per heavy atom. The van der Waals surface area contributed by atoms with Gasteiger partial charge in [-0.3, -0.25) is 4.68 Å². The van der Waals surface area contributed by atoms with Crippen LogP contribution < -0.4 is 10.5 Å². The van der Waals surface area contributed by atoms with Gasteiger partial charge in [-0.05, 0) is 24.6 Å². The minimum absolute atomic E-state index is 0.0718. The van der Waals surface area contributed by atoms with Crippen molar-refractivity contribution in [2.75, 3.05) is 5.73 Å². The van der Waals surface area contributed by atoms with Gasteiger partial charge in [-0.1, -0.05) is 6.92 Å². The summed E-state index contributed by atoms with van der Waals surface area (Å²) < 4.78 is 45.2. The molecule has 0 amide bonds. The van der Waals surface area contributed by atoms with Gasteiger partial charge in [0.25, 0.3) is 0 Å². The molecule has 0 radical (unpaired) electrons. The largest absolute Gasteiger partial charge is 0.454 e. The highest BCUT2D eigenvalue weighted by Gasteiger charge is 2.33. The van der Waals surface area contributed by atoms with E-state index in [4.69, 9.17) is 10.5 Å². The SMILES string of the molecule is CCCn1cc(Oc2ccc(N)c(C(F)(F)F)c2)cn1. The highest BCUT2D eigenvalue weighted by Crippen LogP contribution is 2.36. The molecule has 1 aromatic carbocycles. The predicted molar refractivity (Wildman–Crippen MR) is 68.4 cm³/mol. The number of ether oxygens (including phenoxy) is 1. The van der Waals surface area contributed by atoms with E-state index in [1.165, 1.54) is 18.3 Å². The Hall–Kier alpha value is -2.18. The Morgan fingerprint density at radius 3 is 2.70 bits per heavy atom. The van der Waals surface area contributed by atoms with E-state index in [1.807, 2.05) is 6.92 Å². The van der Waals surface area contributed by atoms with Crippen molar-refractivity contribution in [3.63, 3.8) is 0 Å². The van der Waals surface area contributed by atoms with Crippen molar-refractivity contribution in [2.45, 2.75) is 26.1 Å². The molecule has 0 fully saturated rings. The molecule has 0 aliphatic heterocycles. The molecule has 1 heterocycles. The van der Waals surface area contributed by atoms with Crippen molar-refractivity contribution in [1.82, 2.24) is 9.78 Å². The van der Waals surface area contributed by atoms with Crippen LogP contribution in [0.2, 0.25) is 0 Å². The lowest BCUT2D eigenvalue weighted by atomic mass is 10.1. The van der Waals surface area contributed by atoms with Crippen LogP contribution in [0.1, 0.15) is 18.9 Å². The zero-order chi connectivity index (χ0) is 14.8. The normalized spacial score (nSPS) is 11.6. The average molecular weight is 285 g/mol. The zero-order valence-corrected chi connectivity index (χ0v) is 10.8. The molecule has 20 heavy (non-hydrogen) atoms. The fraction of sp³-hybridized carbons (Fsp3) is 0.308. The summed E-state index contributed by atoms with van der Waals surface area (Å²) in [7, 11) is 0. The zero-order valence-electron chi connectivity index (χ0n) is 10.8. The third-order valence-corrected chi connectivity index (χ3v) is 2.63. The van der Waals surface area contributed by atoms with Crippen LogP contribution in [0.25, 0.3) is 0 Å². The molecule has 1 aromatic heterocycles. The Morgan fingerprint density at radius 2 is 2.05 bits per heavy atom. The number of alkyl halides is 3. The molecule has 108 valence electrons. The molecule has 4 nitrogen and oxygen atoms in total. The number of nitrogens with zero attached hydrogens (tertiary/aromatic N) is 2. The second kappa shape index (κ2) is 5.44. The van der Waals surface area contributed by atoms with E-state index in [9.17, 15) is 13.2 Å². The van der Waals surface area contributed by atoms with Crippen molar-refractivity contribution in [1.29, 1.82) is 0 Å². The molecule has 7 heteroatoms. The summed E-state index contributed by atoms with van der Waals surface area (Å²) in [5, 5.41) is 4.04. The number of aromatic nitrogens is 2. The fourth-order valence-corrected chi connectivity index (χ4v) is 1.73. The van der Waals surface area contributed by atoms with Crippen LogP contribution in [0.3, 0.4) is 0 Å². The standard InChI is InChI=1S/C13H14F3N3O/c1-2-5-19-8-10(7-18-19)20-9-3-4-12(17)11(6-9)13(14,15)16/h3-4,6-8H,2,5,17H2,1H3. The summed E-state index contributed by atoms with van der Waals surface area (Å²) in [5.41, 5.74) is 4.09. The molecule has 0 saturated heterocycles. The maximum Gasteiger partial charge on any atom is 0.418 e. The number of benzene rings is 1. The number of rotatable bonds is 4. The highest BCUT2D eigenvalue weighted by atomic mass is 19.4. The van der Waals surface area contributed by atoms with E-state index in [2.05, 4.69) is 5.10 Å². The van der Waals surface area contributed by atoms with Crippen LogP contribution in [0, 0.1) is 0 Å². The highest BCUT2D eigenvalue weighted by molar-refractivity contribution is 5.52. The van der Waals surface area contributed by atoms with Gasteiger partial charge in [0, 0.05) is 12.2 Å². The lowest BCUT2D eigenvalue weighted by molar-refractivity contribution is -0.137. The summed E-state index contributed by atoms with van der Waals surface area (Å²) in [6, 6.07) is 3.45. The Bertz CT molecular complexity index is 593. The second-order valence-electron chi connectivity index (χ2n) is 4.29. The van der Waals surface area contributed by atoms with Gasteiger partial charge in [-0.25, -0.2) is 0 Å². The van der Waals surface area contributed by atoms with Gasteiger partial charge >= 0.3 is 6.18 Å². The first kappa shape index (κ1) is 14.2. The van der Waals surface area contributed by atoms with Crippen molar-refractivity contribution < 1.29 is 17.9 Å². The number of nitrogens with two attached hydrogens (primary N) is 1. The molecule has 0 unspecified atom stereocenters. The van der Waals surface area contributed by atoms with E-state index in [0.717, 1.165) is 19.0 Å². The topological polar surface area (TPSA) is 53.1 Å². The Kier molecular flexibility index (Phi) is 3.87. The molecule has 0 aliphatic rings. The molecular weight excluding hydrogens is 271 g/mol. The molecule has 0 saturated carbocycles. The molecule has 0 atom stereocenters. The van der Waals surface area contributed by atoms with Gasteiger partial charge in [0.05, 0.1) is 18.0 Å². The van der Waals surface area contributed by atoms with Gasteiger partial charge in [0.2, 0.25) is 0 Å². The van der Waals surface area contributed by atoms with Crippen LogP contribution >= 0.6 is 0 Å². The number of hydrogen-bond acceptors (Lipinski definition) is 3. The van der Waals surface area contributed by atoms with E-state index >= 15 is 0 Å². The summed E-state index contributed by atoms with van der Waals surface area (Å²) in [6.45, 7) is 2.72. The maximum atomic E-state index is 12.7. The van der Waals surface area contributed by atoms with Gasteiger partial charge in [0.1, 0.15) is 5.75 Å². The first-order valence-electron chi connectivity index (χ1n) is 6.07. The molecular formula is C13H14F3N3O. The van der Waals surface area contributed by atoms with Crippen molar-refractivity contribution >= 4 is 5.69 Å². The van der Waals surface area contributed by atoms with Gasteiger partial charge in [-0.15, -0.1) is 0 Å². The lowest BCUT2D eigenvalue weighted by Gasteiger charge is -2.11. The van der Waals surface area contributed by atoms with Crippen molar-refractivity contribution in [3.8, 4) is 11.5 Å². The Balaban J connectivity index is 2.21. The molecule has 2 aromatic rings. The summed E-state index contributed by atoms with van der Waals surface area (Å²) in [5.74, 6) is 0.457. The third kappa shape index (κ3) is 3.23. The first-order chi connectivity index (χ1) is 9.40. The smallest absolute Gasteiger partial charge is 0.418 e. The predicted octanol–water partition coefficient (Wildman–Crippen LogP) is 3.69. The van der Waals surface area contributed by atoms with Gasteiger partial charge < -0.3 is 10.5 Å². The van der Waals surface area contributed by atoms with E-state index in [0.29, 0.717) is 5.75 Å². The van der Waals surface area contributed by atoms with Crippen molar-refractivity contribution in [3.05, 3.63) is 36.2 Å². The first-order valence-corrected chi connectivity index (χ1v) is 6.07. The minimum atomic E-state index is -4.50. The molecule has 0 aliphatic carbocycles. The average Bonchev–Trinajstić information content (AvgIpc) is 2.78. The molecule has 0 bridgehead atoms. The van der Waals surface area contributed by atoms with Crippen molar-refractivity contribution in [2.24, 2.45) is 0 Å². The third-order valence-electron chi connectivity index (χ3n) is 2.63. The maximum absolute atomic E-state index is 12.7. The molecule has 0 spiro atoms. The number of halogens is 3. The fourth-order valence-electron chi connectivity index (χ4n) is 1.73. The van der Waals surface area contributed by atoms with Crippen LogP contribution in [0.4, 0.5) is 18.9 Å². The van der Waals surface area contributed by atoms with Gasteiger partial charge in [-0.2, -0.15) is 18.3 Å². The lowest BCUT2D eigenvalue weighted by Crippen LogP contribution is -2.08. The number of aryl methyl sites for hydroxylation is 1. The van der Waals surface area contributed by atoms with Crippen LogP contribution in [-0.4, -0.2) is 9.78 Å². The second-order valence-corrected chi connectivity index (χ2v) is 4.29. The quantitative estimate of drug-likeness (QED) is 0.872. The molecule has 2 rings (SSSR count). The summed E-state index contributed by atoms with van der Waals surface area (Å²) >= 11 is 0. The van der Waals surface area contributed by atoms with Crippen LogP contribution in [0.15, 0.2) is 30.6 Å². The number of hydrogen-bond donors (Lipinski definition) is 1. The summed E-state index contributed by atoms with van der Waals surface area (Å²) in [6.07, 6.45) is -0.510. The Labute approximate surface area is 114 Å². The van der Waals surface area contributed by atoms with E-state index < -0.39 is 11.7 Å². The number of nitrogen functional groups attached to an aromatic ring is 1. The number of anilines is 1. The van der Waals surface area contributed by atoms with Crippen LogP contribution in [0.5, 0.6) is 11.5 Å².